The molecule has 3 heterocycles. The van der Waals surface area contributed by atoms with Crippen LogP contribution < -0.4 is 11.3 Å². The van der Waals surface area contributed by atoms with Crippen LogP contribution in [0.15, 0.2) is 22.2 Å². The number of amidine groups is 1. The zero-order valence-corrected chi connectivity index (χ0v) is 15.6. The van der Waals surface area contributed by atoms with Crippen molar-refractivity contribution in [1.82, 2.24) is 19.5 Å². The number of carbonyl (C=O) groups excluding carboxylic acids is 1. The number of aromatic nitrogens is 3. The van der Waals surface area contributed by atoms with Gasteiger partial charge in [0.05, 0.1) is 17.5 Å². The maximum Gasteiger partial charge on any atom is 0.410 e. The molecule has 1 fully saturated rings. The number of H-pyrrole nitrogens is 1. The molecule has 0 saturated carbocycles. The summed E-state index contributed by atoms with van der Waals surface area (Å²) in [7, 11) is 0. The van der Waals surface area contributed by atoms with Crippen molar-refractivity contribution in [2.45, 2.75) is 45.1 Å². The van der Waals surface area contributed by atoms with Gasteiger partial charge < -0.3 is 25.6 Å². The van der Waals surface area contributed by atoms with Crippen LogP contribution in [0.5, 0.6) is 0 Å². The maximum absolute atomic E-state index is 12.2. The third kappa shape index (κ3) is 3.88. The van der Waals surface area contributed by atoms with Crippen LogP contribution in [0, 0.1) is 0 Å². The second-order valence-electron chi connectivity index (χ2n) is 7.60. The highest BCUT2D eigenvalue weighted by Crippen LogP contribution is 2.28. The van der Waals surface area contributed by atoms with Gasteiger partial charge in [-0.05, 0) is 33.6 Å². The Bertz CT molecular complexity index is 931. The summed E-state index contributed by atoms with van der Waals surface area (Å²) in [5.41, 5.74) is 6.28. The molecule has 0 atom stereocenters. The monoisotopic (exact) mass is 376 g/mol. The number of ether oxygens (including phenoxy) is 1. The molecule has 0 bridgehead atoms. The van der Waals surface area contributed by atoms with Crippen LogP contribution in [-0.2, 0) is 4.74 Å². The van der Waals surface area contributed by atoms with Gasteiger partial charge in [0.2, 0.25) is 0 Å². The van der Waals surface area contributed by atoms with E-state index in [0.29, 0.717) is 37.1 Å². The predicted octanol–water partition coefficient (Wildman–Crippen LogP) is 1.23. The molecule has 3 rings (SSSR count). The second-order valence-corrected chi connectivity index (χ2v) is 7.60. The van der Waals surface area contributed by atoms with Crippen LogP contribution >= 0.6 is 0 Å². The number of nitrogens with one attached hydrogen (secondary N) is 1. The molecule has 0 unspecified atom stereocenters. The molecule has 10 nitrogen and oxygen atoms in total. The molecule has 10 heteroatoms. The topological polar surface area (TPSA) is 138 Å². The van der Waals surface area contributed by atoms with Gasteiger partial charge in [-0.1, -0.05) is 5.16 Å². The van der Waals surface area contributed by atoms with Crippen molar-refractivity contribution < 1.29 is 14.7 Å². The van der Waals surface area contributed by atoms with E-state index in [0.717, 1.165) is 5.69 Å². The second kappa shape index (κ2) is 6.93. The van der Waals surface area contributed by atoms with Gasteiger partial charge >= 0.3 is 6.09 Å². The molecule has 2 aromatic rings. The van der Waals surface area contributed by atoms with E-state index in [1.807, 2.05) is 20.8 Å². The molecule has 0 aliphatic carbocycles. The highest BCUT2D eigenvalue weighted by molar-refractivity contribution is 6.02. The minimum Gasteiger partial charge on any atom is -0.444 e. The fraction of sp³-hybridized carbons (Fsp3) is 0.529. The van der Waals surface area contributed by atoms with Crippen molar-refractivity contribution in [3.63, 3.8) is 0 Å². The first-order valence-corrected chi connectivity index (χ1v) is 8.76. The van der Waals surface area contributed by atoms with Gasteiger partial charge in [-0.15, -0.1) is 0 Å². The number of nitrogens with zero attached hydrogens (tertiary/aromatic N) is 4. The number of hydrogen-bond donors (Lipinski definition) is 3. The number of amides is 1. The molecule has 4 N–H and O–H groups in total. The Morgan fingerprint density at radius 2 is 2.07 bits per heavy atom. The normalized spacial score (nSPS) is 16.7. The van der Waals surface area contributed by atoms with E-state index >= 15 is 0 Å². The van der Waals surface area contributed by atoms with Crippen LogP contribution in [-0.4, -0.2) is 55.3 Å². The molecule has 27 heavy (non-hydrogen) atoms. The summed E-state index contributed by atoms with van der Waals surface area (Å²) >= 11 is 0. The van der Waals surface area contributed by atoms with Crippen molar-refractivity contribution in [3.8, 4) is 0 Å². The van der Waals surface area contributed by atoms with Gasteiger partial charge in [0, 0.05) is 25.1 Å². The summed E-state index contributed by atoms with van der Waals surface area (Å²) in [5, 5.41) is 16.1. The van der Waals surface area contributed by atoms with E-state index in [-0.39, 0.29) is 23.4 Å². The SMILES string of the molecule is CC(C)(C)OC(=O)N1CCC(c2cc(=O)[nH]c3c(C(N)=NO)cnn23)CC1. The van der Waals surface area contributed by atoms with Crippen molar-refractivity contribution >= 4 is 17.6 Å². The number of likely N-dealkylation sites (tertiary alicyclic amines) is 1. The quantitative estimate of drug-likeness (QED) is 0.312. The lowest BCUT2D eigenvalue weighted by molar-refractivity contribution is 0.0203. The fourth-order valence-electron chi connectivity index (χ4n) is 3.23. The van der Waals surface area contributed by atoms with E-state index in [2.05, 4.69) is 15.2 Å². The van der Waals surface area contributed by atoms with Gasteiger partial charge in [-0.25, -0.2) is 9.31 Å². The summed E-state index contributed by atoms with van der Waals surface area (Å²) in [6.07, 6.45) is 2.47. The van der Waals surface area contributed by atoms with Crippen molar-refractivity contribution in [1.29, 1.82) is 0 Å². The van der Waals surface area contributed by atoms with E-state index < -0.39 is 5.60 Å². The zero-order valence-electron chi connectivity index (χ0n) is 15.6. The summed E-state index contributed by atoms with van der Waals surface area (Å²) in [6, 6.07) is 1.50. The first-order valence-electron chi connectivity index (χ1n) is 8.76. The van der Waals surface area contributed by atoms with Gasteiger partial charge in [-0.3, -0.25) is 4.79 Å². The molecule has 1 saturated heterocycles. The number of piperidine rings is 1. The number of nitrogens with two attached hydrogens (primary N) is 1. The van der Waals surface area contributed by atoms with E-state index in [1.165, 1.54) is 12.3 Å². The third-order valence-corrected chi connectivity index (χ3v) is 4.48. The highest BCUT2D eigenvalue weighted by atomic mass is 16.6. The molecule has 0 aromatic carbocycles. The number of aromatic amines is 1. The molecule has 0 radical (unpaired) electrons. The molecular weight excluding hydrogens is 352 g/mol. The van der Waals surface area contributed by atoms with Crippen LogP contribution in [0.3, 0.4) is 0 Å². The summed E-state index contributed by atoms with van der Waals surface area (Å²) in [4.78, 5) is 28.7. The van der Waals surface area contributed by atoms with E-state index in [4.69, 9.17) is 15.7 Å². The van der Waals surface area contributed by atoms with Crippen LogP contribution in [0.1, 0.15) is 50.8 Å². The predicted molar refractivity (Wildman–Crippen MR) is 98.1 cm³/mol. The van der Waals surface area contributed by atoms with Crippen molar-refractivity contribution in [2.24, 2.45) is 10.9 Å². The number of rotatable bonds is 2. The fourth-order valence-corrected chi connectivity index (χ4v) is 3.23. The highest BCUT2D eigenvalue weighted by Gasteiger charge is 2.29. The largest absolute Gasteiger partial charge is 0.444 e. The maximum atomic E-state index is 12.2. The Kier molecular flexibility index (Phi) is 4.81. The third-order valence-electron chi connectivity index (χ3n) is 4.48. The van der Waals surface area contributed by atoms with E-state index in [1.54, 1.807) is 9.42 Å². The smallest absolute Gasteiger partial charge is 0.410 e. The van der Waals surface area contributed by atoms with Crippen LogP contribution in [0.25, 0.3) is 5.65 Å². The number of carbonyl (C=O) groups is 1. The lowest BCUT2D eigenvalue weighted by atomic mass is 9.93. The lowest BCUT2D eigenvalue weighted by Crippen LogP contribution is -2.41. The van der Waals surface area contributed by atoms with Gasteiger partial charge in [0.1, 0.15) is 11.2 Å². The molecule has 2 aromatic heterocycles. The molecule has 1 aliphatic rings. The Hall–Kier alpha value is -3.04. The molecular formula is C17H24N6O4. The van der Waals surface area contributed by atoms with Crippen molar-refractivity contribution in [3.05, 3.63) is 33.9 Å². The summed E-state index contributed by atoms with van der Waals surface area (Å²) < 4.78 is 7.01. The summed E-state index contributed by atoms with van der Waals surface area (Å²) in [6.45, 7) is 6.56. The first-order chi connectivity index (χ1) is 12.7. The Morgan fingerprint density at radius 1 is 1.41 bits per heavy atom. The minimum absolute atomic E-state index is 0.0496. The molecule has 0 spiro atoms. The van der Waals surface area contributed by atoms with Crippen LogP contribution in [0.2, 0.25) is 0 Å². The molecule has 1 amide bonds. The Morgan fingerprint density at radius 3 is 2.67 bits per heavy atom. The van der Waals surface area contributed by atoms with Crippen LogP contribution in [0.4, 0.5) is 4.79 Å². The Labute approximate surface area is 155 Å². The Balaban J connectivity index is 1.83. The minimum atomic E-state index is -0.535. The molecule has 146 valence electrons. The standard InChI is InChI=1S/C17H24N6O4/c1-17(2,3)27-16(25)22-6-4-10(5-7-22)12-8-13(24)20-15-11(14(18)21-26)9-19-23(12)15/h8-10,26H,4-7H2,1-3H3,(H2,18,21)(H,20,24). The number of hydrogen-bond acceptors (Lipinski definition) is 6. The van der Waals surface area contributed by atoms with Gasteiger partial charge in [-0.2, -0.15) is 5.10 Å². The average Bonchev–Trinajstić information content (AvgIpc) is 3.02. The number of oxime groups is 1. The van der Waals surface area contributed by atoms with Gasteiger partial charge in [0.15, 0.2) is 5.84 Å². The molecule has 1 aliphatic heterocycles. The summed E-state index contributed by atoms with van der Waals surface area (Å²) in [5.74, 6) is -0.0777. The van der Waals surface area contributed by atoms with E-state index in [9.17, 15) is 9.59 Å². The van der Waals surface area contributed by atoms with Crippen molar-refractivity contribution in [2.75, 3.05) is 13.1 Å². The lowest BCUT2D eigenvalue weighted by Gasteiger charge is -2.33. The zero-order chi connectivity index (χ0) is 19.8. The average molecular weight is 376 g/mol. The first kappa shape index (κ1) is 18.7. The van der Waals surface area contributed by atoms with Gasteiger partial charge in [0.25, 0.3) is 5.56 Å². The number of fused-ring (bicyclic) bond motifs is 1.